The second-order valence-corrected chi connectivity index (χ2v) is 3.40. The third kappa shape index (κ3) is 2.13. The number of aromatic nitrogens is 1. The van der Waals surface area contributed by atoms with Crippen molar-refractivity contribution >= 4 is 5.78 Å². The van der Waals surface area contributed by atoms with Crippen LogP contribution in [0.5, 0.6) is 0 Å². The van der Waals surface area contributed by atoms with Crippen molar-refractivity contribution in [1.29, 1.82) is 0 Å². The van der Waals surface area contributed by atoms with Crippen molar-refractivity contribution in [3.8, 4) is 0 Å². The Morgan fingerprint density at radius 1 is 1.47 bits per heavy atom. The predicted molar refractivity (Wildman–Crippen MR) is 55.7 cm³/mol. The molecule has 0 bridgehead atoms. The summed E-state index contributed by atoms with van der Waals surface area (Å²) in [6.07, 6.45) is 5.12. The fourth-order valence-corrected chi connectivity index (χ4v) is 1.44. The number of pyridine rings is 1. The van der Waals surface area contributed by atoms with Gasteiger partial charge in [0.25, 0.3) is 0 Å². The zero-order chi connectivity index (χ0) is 10.7. The van der Waals surface area contributed by atoms with Gasteiger partial charge in [-0.15, -0.1) is 0 Å². The average molecular weight is 201 g/mol. The number of carbonyl (C=O) groups excluding carboxylic acids is 1. The van der Waals surface area contributed by atoms with Crippen molar-refractivity contribution in [2.75, 3.05) is 0 Å². The predicted octanol–water partition coefficient (Wildman–Crippen LogP) is 2.41. The Bertz CT molecular complexity index is 460. The van der Waals surface area contributed by atoms with E-state index < -0.39 is 0 Å². The lowest BCUT2D eigenvalue weighted by atomic mass is 10.1. The van der Waals surface area contributed by atoms with Gasteiger partial charge in [0.15, 0.2) is 5.78 Å². The SMILES string of the molecule is Cc1cccnc1C(=O)Cc1ccoc1. The molecule has 0 spiro atoms. The number of furan rings is 1. The lowest BCUT2D eigenvalue weighted by Gasteiger charge is -2.01. The van der Waals surface area contributed by atoms with E-state index in [1.165, 1.54) is 0 Å². The Balaban J connectivity index is 2.19. The average Bonchev–Trinajstić information content (AvgIpc) is 2.71. The van der Waals surface area contributed by atoms with Crippen molar-refractivity contribution in [3.05, 3.63) is 53.7 Å². The van der Waals surface area contributed by atoms with Crippen molar-refractivity contribution < 1.29 is 9.21 Å². The van der Waals surface area contributed by atoms with Crippen LogP contribution in [0, 0.1) is 6.92 Å². The van der Waals surface area contributed by atoms with Gasteiger partial charge in [0.2, 0.25) is 0 Å². The number of nitrogens with zero attached hydrogens (tertiary/aromatic N) is 1. The molecule has 0 saturated heterocycles. The zero-order valence-electron chi connectivity index (χ0n) is 8.43. The van der Waals surface area contributed by atoms with Gasteiger partial charge in [-0.05, 0) is 30.2 Å². The van der Waals surface area contributed by atoms with Gasteiger partial charge in [0, 0.05) is 12.6 Å². The molecule has 0 aliphatic rings. The first-order chi connectivity index (χ1) is 7.27. The summed E-state index contributed by atoms with van der Waals surface area (Å²) in [6, 6.07) is 5.50. The fourth-order valence-electron chi connectivity index (χ4n) is 1.44. The second-order valence-electron chi connectivity index (χ2n) is 3.40. The molecular formula is C12H11NO2. The van der Waals surface area contributed by atoms with E-state index in [4.69, 9.17) is 4.42 Å². The molecule has 0 amide bonds. The molecule has 15 heavy (non-hydrogen) atoms. The van der Waals surface area contributed by atoms with E-state index >= 15 is 0 Å². The van der Waals surface area contributed by atoms with Gasteiger partial charge < -0.3 is 4.42 Å². The lowest BCUT2D eigenvalue weighted by Crippen LogP contribution is -2.07. The van der Waals surface area contributed by atoms with Crippen LogP contribution in [0.25, 0.3) is 0 Å². The highest BCUT2D eigenvalue weighted by atomic mass is 16.3. The van der Waals surface area contributed by atoms with E-state index in [0.717, 1.165) is 11.1 Å². The molecule has 2 aromatic heterocycles. The minimum absolute atomic E-state index is 0.0227. The molecule has 0 aliphatic heterocycles. The molecule has 2 aromatic rings. The number of rotatable bonds is 3. The van der Waals surface area contributed by atoms with E-state index in [-0.39, 0.29) is 5.78 Å². The highest BCUT2D eigenvalue weighted by Gasteiger charge is 2.11. The van der Waals surface area contributed by atoms with Crippen LogP contribution in [-0.4, -0.2) is 10.8 Å². The maximum Gasteiger partial charge on any atom is 0.185 e. The minimum atomic E-state index is 0.0227. The minimum Gasteiger partial charge on any atom is -0.472 e. The maximum absolute atomic E-state index is 11.8. The van der Waals surface area contributed by atoms with Gasteiger partial charge >= 0.3 is 0 Å². The summed E-state index contributed by atoms with van der Waals surface area (Å²) in [5, 5.41) is 0. The van der Waals surface area contributed by atoms with Gasteiger partial charge in [-0.2, -0.15) is 0 Å². The van der Waals surface area contributed by atoms with E-state index in [9.17, 15) is 4.79 Å². The molecule has 76 valence electrons. The lowest BCUT2D eigenvalue weighted by molar-refractivity contribution is 0.0987. The normalized spacial score (nSPS) is 10.2. The largest absolute Gasteiger partial charge is 0.472 e. The monoisotopic (exact) mass is 201 g/mol. The Morgan fingerprint density at radius 2 is 2.33 bits per heavy atom. The van der Waals surface area contributed by atoms with Crippen LogP contribution in [0.1, 0.15) is 21.6 Å². The molecule has 0 atom stereocenters. The first kappa shape index (κ1) is 9.65. The highest BCUT2D eigenvalue weighted by molar-refractivity contribution is 5.96. The summed E-state index contributed by atoms with van der Waals surface area (Å²) < 4.78 is 4.91. The van der Waals surface area contributed by atoms with Crippen LogP contribution in [-0.2, 0) is 6.42 Å². The first-order valence-corrected chi connectivity index (χ1v) is 4.73. The van der Waals surface area contributed by atoms with E-state index in [1.54, 1.807) is 24.8 Å². The van der Waals surface area contributed by atoms with Crippen molar-refractivity contribution in [2.45, 2.75) is 13.3 Å². The van der Waals surface area contributed by atoms with E-state index in [2.05, 4.69) is 4.98 Å². The Labute approximate surface area is 87.8 Å². The Hall–Kier alpha value is -1.90. The maximum atomic E-state index is 11.8. The zero-order valence-corrected chi connectivity index (χ0v) is 8.43. The fraction of sp³-hybridized carbons (Fsp3) is 0.167. The van der Waals surface area contributed by atoms with Crippen LogP contribution in [0.2, 0.25) is 0 Å². The number of hydrogen-bond acceptors (Lipinski definition) is 3. The quantitative estimate of drug-likeness (QED) is 0.716. The molecule has 2 heterocycles. The number of ketones is 1. The van der Waals surface area contributed by atoms with Gasteiger partial charge in [-0.1, -0.05) is 6.07 Å². The molecule has 0 radical (unpaired) electrons. The summed E-state index contributed by atoms with van der Waals surface area (Å²) in [5.74, 6) is 0.0227. The first-order valence-electron chi connectivity index (χ1n) is 4.73. The Kier molecular flexibility index (Phi) is 2.63. The third-order valence-corrected chi connectivity index (χ3v) is 2.22. The van der Waals surface area contributed by atoms with E-state index in [0.29, 0.717) is 12.1 Å². The van der Waals surface area contributed by atoms with Crippen LogP contribution in [0.4, 0.5) is 0 Å². The molecule has 0 aromatic carbocycles. The van der Waals surface area contributed by atoms with Gasteiger partial charge in [-0.25, -0.2) is 0 Å². The summed E-state index contributed by atoms with van der Waals surface area (Å²) in [7, 11) is 0. The van der Waals surface area contributed by atoms with Crippen LogP contribution < -0.4 is 0 Å². The van der Waals surface area contributed by atoms with Gasteiger partial charge in [0.1, 0.15) is 5.69 Å². The molecule has 3 heteroatoms. The molecule has 0 saturated carbocycles. The van der Waals surface area contributed by atoms with Crippen molar-refractivity contribution in [3.63, 3.8) is 0 Å². The second kappa shape index (κ2) is 4.09. The smallest absolute Gasteiger partial charge is 0.185 e. The van der Waals surface area contributed by atoms with E-state index in [1.807, 2.05) is 19.1 Å². The standard InChI is InChI=1S/C12H11NO2/c1-9-3-2-5-13-12(9)11(14)7-10-4-6-15-8-10/h2-6,8H,7H2,1H3. The molecular weight excluding hydrogens is 190 g/mol. The van der Waals surface area contributed by atoms with Gasteiger partial charge in [-0.3, -0.25) is 9.78 Å². The molecule has 3 nitrogen and oxygen atoms in total. The summed E-state index contributed by atoms with van der Waals surface area (Å²) in [6.45, 7) is 1.88. The molecule has 0 N–H and O–H groups in total. The number of aryl methyl sites for hydroxylation is 1. The van der Waals surface area contributed by atoms with Crippen LogP contribution in [0.3, 0.4) is 0 Å². The number of hydrogen-bond donors (Lipinski definition) is 0. The van der Waals surface area contributed by atoms with Crippen LogP contribution in [0.15, 0.2) is 41.3 Å². The molecule has 0 aliphatic carbocycles. The molecule has 0 unspecified atom stereocenters. The summed E-state index contributed by atoms with van der Waals surface area (Å²) in [4.78, 5) is 15.9. The number of carbonyl (C=O) groups is 1. The van der Waals surface area contributed by atoms with Crippen molar-refractivity contribution in [1.82, 2.24) is 4.98 Å². The summed E-state index contributed by atoms with van der Waals surface area (Å²) >= 11 is 0. The van der Waals surface area contributed by atoms with Crippen LogP contribution >= 0.6 is 0 Å². The topological polar surface area (TPSA) is 43.1 Å². The third-order valence-electron chi connectivity index (χ3n) is 2.22. The molecule has 2 rings (SSSR count). The molecule has 0 fully saturated rings. The van der Waals surface area contributed by atoms with Crippen molar-refractivity contribution in [2.24, 2.45) is 0 Å². The van der Waals surface area contributed by atoms with Gasteiger partial charge in [0.05, 0.1) is 12.5 Å². The Morgan fingerprint density at radius 3 is 3.00 bits per heavy atom. The number of Topliss-reactive ketones (excluding diaryl/α,β-unsaturated/α-hetero) is 1. The summed E-state index contributed by atoms with van der Waals surface area (Å²) in [5.41, 5.74) is 2.33. The highest BCUT2D eigenvalue weighted by Crippen LogP contribution is 2.09.